The molecule has 0 saturated heterocycles. The topological polar surface area (TPSA) is 151 Å². The summed E-state index contributed by atoms with van der Waals surface area (Å²) in [5.41, 5.74) is 5.89. The Morgan fingerprint density at radius 3 is 1.49 bits per heavy atom. The van der Waals surface area contributed by atoms with Gasteiger partial charge in [-0.1, -0.05) is 89.5 Å². The number of phenolic OH excluding ortho intramolecular Hbond substituents is 2. The number of nitrogens with one attached hydrogen (secondary N) is 2. The molecule has 0 fully saturated rings. The standard InChI is InChI=1S/C29H39NO4S.C25H39NO4S.CH4/c1-20-13-14-24-23(17-20)27-25(31)18-21(19-26(27)34-29(24,4)5)28(2,3)15-9-10-16-30-35(32,33)22-11-7-6-8-12-22;1-7-31(28,29)26-13-9-8-12-24(3,4)18-15-21(27)23-19-14-17(2)10-11-20(19)25(5,6)30-22(23)16-18;/h6-8,11-13,18-19,23-24,30-31H,9-10,14-17H2,1-5H3;10,15-16,19-20,26-27H,7-9,11-14H2,1-6H3;1H4. The molecule has 12 heteroatoms. The summed E-state index contributed by atoms with van der Waals surface area (Å²) in [5.74, 6) is 3.69. The lowest BCUT2D eigenvalue weighted by Gasteiger charge is -2.47. The van der Waals surface area contributed by atoms with Gasteiger partial charge in [0.25, 0.3) is 0 Å². The van der Waals surface area contributed by atoms with Gasteiger partial charge in [-0.15, -0.1) is 0 Å². The van der Waals surface area contributed by atoms with Crippen molar-refractivity contribution in [3.8, 4) is 23.0 Å². The Morgan fingerprint density at radius 1 is 0.657 bits per heavy atom. The van der Waals surface area contributed by atoms with Crippen LogP contribution in [0.5, 0.6) is 23.0 Å². The second-order valence-corrected chi connectivity index (χ2v) is 25.7. The molecule has 0 radical (unpaired) electrons. The largest absolute Gasteiger partial charge is 0.508 e. The zero-order valence-electron chi connectivity index (χ0n) is 41.5. The Bertz CT molecular complexity index is 2490. The Balaban J connectivity index is 0.000000249. The highest BCUT2D eigenvalue weighted by molar-refractivity contribution is 7.89. The maximum atomic E-state index is 12.4. The highest BCUT2D eigenvalue weighted by atomic mass is 32.2. The third-order valence-corrected chi connectivity index (χ3v) is 18.0. The highest BCUT2D eigenvalue weighted by Crippen LogP contribution is 2.56. The van der Waals surface area contributed by atoms with Crippen LogP contribution in [-0.4, -0.2) is 57.1 Å². The fraction of sp³-hybridized carbons (Fsp3) is 0.600. The average Bonchev–Trinajstić information content (AvgIpc) is 3.22. The second kappa shape index (κ2) is 21.0. The van der Waals surface area contributed by atoms with Crippen LogP contribution in [-0.2, 0) is 30.9 Å². The Hall–Kier alpha value is -3.84. The summed E-state index contributed by atoms with van der Waals surface area (Å²) in [5, 5.41) is 22.2. The maximum Gasteiger partial charge on any atom is 0.240 e. The number of benzene rings is 3. The average molecular weight is 963 g/mol. The summed E-state index contributed by atoms with van der Waals surface area (Å²) < 4.78 is 66.2. The summed E-state index contributed by atoms with van der Waals surface area (Å²) in [4.78, 5) is 0.290. The fourth-order valence-corrected chi connectivity index (χ4v) is 12.6. The molecule has 0 saturated carbocycles. The smallest absolute Gasteiger partial charge is 0.240 e. The number of phenols is 2. The summed E-state index contributed by atoms with van der Waals surface area (Å²) in [7, 11) is -6.60. The Labute approximate surface area is 404 Å². The third-order valence-electron chi connectivity index (χ3n) is 15.1. The molecule has 3 aromatic rings. The van der Waals surface area contributed by atoms with Crippen molar-refractivity contribution in [2.75, 3.05) is 18.8 Å². The van der Waals surface area contributed by atoms with E-state index in [-0.39, 0.29) is 47.0 Å². The molecule has 0 amide bonds. The van der Waals surface area contributed by atoms with Crippen LogP contribution in [0.1, 0.15) is 182 Å². The van der Waals surface area contributed by atoms with Gasteiger partial charge in [-0.25, -0.2) is 26.3 Å². The highest BCUT2D eigenvalue weighted by Gasteiger charge is 2.47. The van der Waals surface area contributed by atoms with E-state index in [2.05, 4.69) is 103 Å². The van der Waals surface area contributed by atoms with Gasteiger partial charge in [-0.2, -0.15) is 0 Å². The molecule has 372 valence electrons. The molecule has 0 aromatic heterocycles. The van der Waals surface area contributed by atoms with Crippen LogP contribution < -0.4 is 18.9 Å². The number of hydrogen-bond donors (Lipinski definition) is 4. The first-order chi connectivity index (χ1) is 30.8. The zero-order chi connectivity index (χ0) is 48.5. The predicted octanol–water partition coefficient (Wildman–Crippen LogP) is 12.5. The summed E-state index contributed by atoms with van der Waals surface area (Å²) in [6, 6.07) is 16.5. The minimum absolute atomic E-state index is 0. The van der Waals surface area contributed by atoms with Gasteiger partial charge in [0.2, 0.25) is 20.0 Å². The fourth-order valence-electron chi connectivity index (χ4n) is 10.8. The second-order valence-electron chi connectivity index (χ2n) is 21.8. The number of fused-ring (bicyclic) bond motifs is 6. The van der Waals surface area contributed by atoms with Crippen molar-refractivity contribution in [1.82, 2.24) is 9.44 Å². The van der Waals surface area contributed by atoms with Crippen LogP contribution in [0.15, 0.2) is 82.8 Å². The molecule has 2 aliphatic heterocycles. The molecule has 4 unspecified atom stereocenters. The number of allylic oxidation sites excluding steroid dienone is 4. The Morgan fingerprint density at radius 2 is 1.07 bits per heavy atom. The van der Waals surface area contributed by atoms with Crippen molar-refractivity contribution in [3.63, 3.8) is 0 Å². The summed E-state index contributed by atoms with van der Waals surface area (Å²) in [6.07, 6.45) is 13.6. The van der Waals surface area contributed by atoms with Crippen LogP contribution in [0.2, 0.25) is 0 Å². The van der Waals surface area contributed by atoms with Gasteiger partial charge in [0.05, 0.1) is 10.6 Å². The molecule has 0 bridgehead atoms. The number of unbranched alkanes of at least 4 members (excludes halogenated alkanes) is 2. The normalized spacial score (nSPS) is 21.8. The van der Waals surface area contributed by atoms with E-state index < -0.39 is 20.0 Å². The van der Waals surface area contributed by atoms with E-state index in [9.17, 15) is 27.0 Å². The molecule has 3 aromatic carbocycles. The number of aromatic hydroxyl groups is 2. The van der Waals surface area contributed by atoms with Gasteiger partial charge in [0.1, 0.15) is 34.2 Å². The van der Waals surface area contributed by atoms with Crippen LogP contribution >= 0.6 is 0 Å². The summed E-state index contributed by atoms with van der Waals surface area (Å²) >= 11 is 0. The lowest BCUT2D eigenvalue weighted by Crippen LogP contribution is -2.45. The SMILES string of the molecule is C.CC1=CCC2C(C1)c1c(O)cc(C(C)(C)CCCCNS(=O)(=O)c3ccccc3)cc1OC2(C)C.CCS(=O)(=O)NCCCCC(C)(C)c1cc(O)c2c(c1)OC(C)(C)C1CC=C(C)CC21. The van der Waals surface area contributed by atoms with Crippen LogP contribution in [0, 0.1) is 11.8 Å². The molecule has 2 aliphatic carbocycles. The first-order valence-electron chi connectivity index (χ1n) is 24.2. The van der Waals surface area contributed by atoms with E-state index in [4.69, 9.17) is 9.47 Å². The van der Waals surface area contributed by atoms with Gasteiger partial charge < -0.3 is 19.7 Å². The molecule has 4 N–H and O–H groups in total. The number of rotatable bonds is 16. The lowest BCUT2D eigenvalue weighted by molar-refractivity contribution is 0.00707. The third kappa shape index (κ3) is 12.7. The molecule has 2 heterocycles. The van der Waals surface area contributed by atoms with Crippen molar-refractivity contribution < 1.29 is 36.5 Å². The van der Waals surface area contributed by atoms with Crippen LogP contribution in [0.3, 0.4) is 0 Å². The van der Waals surface area contributed by atoms with Gasteiger partial charge >= 0.3 is 0 Å². The van der Waals surface area contributed by atoms with E-state index in [1.165, 1.54) is 11.1 Å². The molecular formula is C55H82N2O8S2. The van der Waals surface area contributed by atoms with E-state index in [0.717, 1.165) is 98.0 Å². The van der Waals surface area contributed by atoms with Gasteiger partial charge in [-0.3, -0.25) is 0 Å². The monoisotopic (exact) mass is 963 g/mol. The zero-order valence-corrected chi connectivity index (χ0v) is 43.1. The number of hydrogen-bond acceptors (Lipinski definition) is 8. The van der Waals surface area contributed by atoms with E-state index >= 15 is 0 Å². The molecule has 7 rings (SSSR count). The van der Waals surface area contributed by atoms with Gasteiger partial charge in [-0.05, 0) is 158 Å². The van der Waals surface area contributed by atoms with E-state index in [0.29, 0.717) is 41.3 Å². The van der Waals surface area contributed by atoms with Crippen LogP contribution in [0.25, 0.3) is 0 Å². The summed E-state index contributed by atoms with van der Waals surface area (Å²) in [6.45, 7) is 24.2. The van der Waals surface area contributed by atoms with E-state index in [1.54, 1.807) is 37.3 Å². The first-order valence-corrected chi connectivity index (χ1v) is 27.4. The minimum Gasteiger partial charge on any atom is -0.508 e. The van der Waals surface area contributed by atoms with Crippen molar-refractivity contribution in [2.24, 2.45) is 11.8 Å². The molecule has 4 aliphatic rings. The lowest BCUT2D eigenvalue weighted by atomic mass is 9.66. The van der Waals surface area contributed by atoms with Crippen molar-refractivity contribution in [1.29, 1.82) is 0 Å². The van der Waals surface area contributed by atoms with Gasteiger partial charge in [0.15, 0.2) is 0 Å². The minimum atomic E-state index is -3.47. The molecule has 10 nitrogen and oxygen atoms in total. The molecular weight excluding hydrogens is 881 g/mol. The molecule has 0 spiro atoms. The van der Waals surface area contributed by atoms with Crippen LogP contribution in [0.4, 0.5) is 0 Å². The Kier molecular flexibility index (Phi) is 17.0. The number of sulfonamides is 2. The van der Waals surface area contributed by atoms with Crippen molar-refractivity contribution in [2.45, 2.75) is 187 Å². The van der Waals surface area contributed by atoms with Crippen molar-refractivity contribution >= 4 is 20.0 Å². The van der Waals surface area contributed by atoms with Gasteiger partial charge in [0, 0.05) is 47.9 Å². The number of ether oxygens (including phenoxy) is 2. The quantitative estimate of drug-likeness (QED) is 0.0818. The van der Waals surface area contributed by atoms with Crippen molar-refractivity contribution in [3.05, 3.63) is 100 Å². The maximum absolute atomic E-state index is 12.4. The predicted molar refractivity (Wildman–Crippen MR) is 274 cm³/mol. The first kappa shape index (κ1) is 54.1. The molecule has 67 heavy (non-hydrogen) atoms. The van der Waals surface area contributed by atoms with E-state index in [1.807, 2.05) is 12.1 Å². The molecule has 4 atom stereocenters.